The minimum atomic E-state index is -1.35. The number of aromatic carboxylic acids is 3. The predicted molar refractivity (Wildman–Crippen MR) is 281 cm³/mol. The fourth-order valence-corrected chi connectivity index (χ4v) is 6.23. The number of amides is 2. The number of carboxylic acid groups (broad SMARTS) is 7. The summed E-state index contributed by atoms with van der Waals surface area (Å²) in [6.45, 7) is 2.77. The number of aliphatic hydroxyl groups excluding tert-OH is 2. The molecule has 0 spiro atoms. The number of fused-ring (bicyclic) bond motifs is 3. The van der Waals surface area contributed by atoms with Crippen molar-refractivity contribution in [3.8, 4) is 35.5 Å². The van der Waals surface area contributed by atoms with E-state index in [1.54, 1.807) is 31.2 Å². The largest absolute Gasteiger partial charge is 0.481 e. The average molecular weight is 1070 g/mol. The number of benzene rings is 2. The summed E-state index contributed by atoms with van der Waals surface area (Å²) in [6.07, 6.45) is 11.3. The number of aliphatic hydroxyl groups is 2. The van der Waals surface area contributed by atoms with E-state index in [1.807, 2.05) is 0 Å². The van der Waals surface area contributed by atoms with Gasteiger partial charge in [-0.25, -0.2) is 29.1 Å². The van der Waals surface area contributed by atoms with Crippen LogP contribution in [0.4, 0.5) is 5.69 Å². The van der Waals surface area contributed by atoms with Crippen molar-refractivity contribution in [1.29, 1.82) is 0 Å². The molecular formula is C55H64N4O18. The maximum atomic E-state index is 11.0. The van der Waals surface area contributed by atoms with Crippen LogP contribution in [0.25, 0.3) is 21.8 Å². The first-order valence-electron chi connectivity index (χ1n) is 24.2. The van der Waals surface area contributed by atoms with Crippen molar-refractivity contribution in [2.24, 2.45) is 5.41 Å². The number of hydrogen-bond donors (Lipinski definition) is 11. The van der Waals surface area contributed by atoms with E-state index in [0.717, 1.165) is 38.5 Å². The molecule has 1 aliphatic heterocycles. The highest BCUT2D eigenvalue weighted by Crippen LogP contribution is 2.23. The molecule has 0 radical (unpaired) electrons. The summed E-state index contributed by atoms with van der Waals surface area (Å²) in [5.74, 6) is 10.2. The molecule has 0 saturated carbocycles. The fraction of sp³-hybridized carbons (Fsp3) is 0.400. The number of carbonyl (C=O) groups is 9. The Kier molecular flexibility index (Phi) is 31.7. The van der Waals surface area contributed by atoms with Crippen LogP contribution >= 0.6 is 0 Å². The summed E-state index contributed by atoms with van der Waals surface area (Å²) in [6, 6.07) is 14.4. The van der Waals surface area contributed by atoms with Gasteiger partial charge in [-0.2, -0.15) is 0 Å². The second-order valence-electron chi connectivity index (χ2n) is 16.6. The first-order valence-corrected chi connectivity index (χ1v) is 24.2. The minimum Gasteiger partial charge on any atom is -0.481 e. The van der Waals surface area contributed by atoms with E-state index >= 15 is 0 Å². The van der Waals surface area contributed by atoms with Crippen molar-refractivity contribution < 1.29 is 89.1 Å². The van der Waals surface area contributed by atoms with Crippen LogP contribution in [0.2, 0.25) is 0 Å². The molecule has 5 rings (SSSR count). The highest BCUT2D eigenvalue weighted by atomic mass is 16.4. The van der Waals surface area contributed by atoms with Crippen molar-refractivity contribution in [2.45, 2.75) is 123 Å². The number of aromatic nitrogens is 2. The fourth-order valence-electron chi connectivity index (χ4n) is 6.23. The van der Waals surface area contributed by atoms with Crippen molar-refractivity contribution in [1.82, 2.24) is 15.3 Å². The quantitative estimate of drug-likeness (QED) is 0.0193. The number of carboxylic acids is 7. The van der Waals surface area contributed by atoms with E-state index in [1.165, 1.54) is 55.7 Å². The lowest BCUT2D eigenvalue weighted by Gasteiger charge is -2.21. The smallest absolute Gasteiger partial charge is 0.354 e. The molecular weight excluding hydrogens is 1000 g/mol. The van der Waals surface area contributed by atoms with Gasteiger partial charge in [0, 0.05) is 42.1 Å². The topological polar surface area (TPSA) is 386 Å². The monoisotopic (exact) mass is 1070 g/mol. The Morgan fingerprint density at radius 2 is 1.09 bits per heavy atom. The van der Waals surface area contributed by atoms with Crippen LogP contribution in [0.15, 0.2) is 60.7 Å². The summed E-state index contributed by atoms with van der Waals surface area (Å²) < 4.78 is 0. The Hall–Kier alpha value is -8.91. The number of pyridine rings is 2. The minimum absolute atomic E-state index is 0.0937. The van der Waals surface area contributed by atoms with Crippen LogP contribution in [0, 0.1) is 40.9 Å². The lowest BCUT2D eigenvalue weighted by atomic mass is 9.87. The molecule has 412 valence electrons. The number of anilines is 1. The van der Waals surface area contributed by atoms with E-state index in [-0.39, 0.29) is 35.7 Å². The third-order valence-corrected chi connectivity index (χ3v) is 10.8. The third-order valence-electron chi connectivity index (χ3n) is 10.8. The van der Waals surface area contributed by atoms with Gasteiger partial charge in [0.25, 0.3) is 0 Å². The zero-order chi connectivity index (χ0) is 57.8. The van der Waals surface area contributed by atoms with Gasteiger partial charge in [0.2, 0.25) is 11.8 Å². The normalized spacial score (nSPS) is 11.8. The number of aliphatic carboxylic acids is 4. The Balaban J connectivity index is 0.000000499. The number of unbranched alkanes of at least 4 members (excludes halogenated alkanes) is 7. The van der Waals surface area contributed by atoms with Gasteiger partial charge in [0.15, 0.2) is 0 Å². The molecule has 2 aromatic carbocycles. The van der Waals surface area contributed by atoms with Gasteiger partial charge in [-0.15, -0.1) is 11.8 Å². The van der Waals surface area contributed by atoms with Gasteiger partial charge in [-0.3, -0.25) is 24.0 Å². The second-order valence-corrected chi connectivity index (χ2v) is 16.6. The standard InChI is InChI=1S/C20H28O2.C14H8N2O4.C10H9NO5.C6H12O4.C5H7NO3/c1-2-3-4-5-6-7-8-9-10-11-12-13-14-15-16-17-18-19-20(21)22;17-13(18)9-5-3-7-1-2-8-4-6-10(14(19)20)16-12(8)11(7)15-9;12-8(5-9(13)14)11-7-3-1-6(2-4-7)10(15)16;1-2-6(3-7,4-8)5(9)10;7-4-2-1-3(6-4)5(8)9/h2-5,8,11,14-19H2,1H3,(H,21,22);1-6H,(H,17,18)(H,19,20);1-4H,5H2,(H,11,12)(H,13,14)(H,15,16);7-8H,2-4H2,1H3,(H,9,10);3H,1-2H2,(H,6,7)(H,8,9). The first-order chi connectivity index (χ1) is 36.6. The molecule has 1 fully saturated rings. The molecule has 11 N–H and O–H groups in total. The highest BCUT2D eigenvalue weighted by Gasteiger charge is 2.35. The second kappa shape index (κ2) is 36.9. The molecule has 1 aliphatic rings. The average Bonchev–Trinajstić information content (AvgIpc) is 3.85. The van der Waals surface area contributed by atoms with Crippen molar-refractivity contribution in [3.63, 3.8) is 0 Å². The number of nitrogens with one attached hydrogen (secondary N) is 2. The van der Waals surface area contributed by atoms with Crippen LogP contribution in [0.5, 0.6) is 0 Å². The Morgan fingerprint density at radius 3 is 1.45 bits per heavy atom. The highest BCUT2D eigenvalue weighted by molar-refractivity contribution is 6.05. The van der Waals surface area contributed by atoms with Gasteiger partial charge >= 0.3 is 41.8 Å². The molecule has 3 heterocycles. The summed E-state index contributed by atoms with van der Waals surface area (Å²) in [4.78, 5) is 103. The summed E-state index contributed by atoms with van der Waals surface area (Å²) in [7, 11) is 0. The Morgan fingerprint density at radius 1 is 0.610 bits per heavy atom. The molecule has 22 heteroatoms. The van der Waals surface area contributed by atoms with E-state index in [9.17, 15) is 43.2 Å². The predicted octanol–water partition coefficient (Wildman–Crippen LogP) is 6.56. The third kappa shape index (κ3) is 26.7. The van der Waals surface area contributed by atoms with Gasteiger partial charge in [-0.1, -0.05) is 87.5 Å². The molecule has 0 bridgehead atoms. The van der Waals surface area contributed by atoms with E-state index in [0.29, 0.717) is 53.2 Å². The van der Waals surface area contributed by atoms with E-state index < -0.39 is 78.8 Å². The SMILES string of the molecule is CCC(CO)(CO)C(=O)O.CCCCCC#CCC#CCC#CCCCCCCC(=O)O.O=C(O)CC(=O)Nc1ccc(C(=O)O)cc1.O=C(O)c1ccc2ccc3ccc(C(=O)O)nc3c2n1.O=C1CCC(C(=O)O)N1. The van der Waals surface area contributed by atoms with Crippen molar-refractivity contribution in [2.75, 3.05) is 18.5 Å². The zero-order valence-corrected chi connectivity index (χ0v) is 42.7. The molecule has 2 amide bonds. The Bertz CT molecular complexity index is 2760. The van der Waals surface area contributed by atoms with E-state index in [2.05, 4.69) is 63.0 Å². The number of carbonyl (C=O) groups excluding carboxylic acids is 2. The molecule has 2 aromatic heterocycles. The van der Waals surface area contributed by atoms with E-state index in [4.69, 9.17) is 46.0 Å². The first kappa shape index (κ1) is 66.1. The lowest BCUT2D eigenvalue weighted by molar-refractivity contribution is -0.155. The maximum Gasteiger partial charge on any atom is 0.354 e. The summed E-state index contributed by atoms with van der Waals surface area (Å²) >= 11 is 0. The van der Waals surface area contributed by atoms with Crippen LogP contribution in [0.1, 0.15) is 148 Å². The molecule has 0 aliphatic carbocycles. The van der Waals surface area contributed by atoms with Gasteiger partial charge in [0.05, 0.1) is 42.7 Å². The molecule has 77 heavy (non-hydrogen) atoms. The van der Waals surface area contributed by atoms with Gasteiger partial charge in [0.1, 0.15) is 29.3 Å². The maximum absolute atomic E-state index is 11.0. The number of nitrogens with zero attached hydrogens (tertiary/aromatic N) is 2. The van der Waals surface area contributed by atoms with Crippen molar-refractivity contribution >= 4 is 81.1 Å². The summed E-state index contributed by atoms with van der Waals surface area (Å²) in [5, 5.41) is 83.5. The molecule has 4 aromatic rings. The van der Waals surface area contributed by atoms with Crippen LogP contribution in [-0.4, -0.2) is 129 Å². The van der Waals surface area contributed by atoms with Crippen LogP contribution in [0.3, 0.4) is 0 Å². The lowest BCUT2D eigenvalue weighted by Crippen LogP contribution is -2.37. The Labute approximate surface area is 444 Å². The summed E-state index contributed by atoms with van der Waals surface area (Å²) in [5.41, 5.74) is -0.344. The van der Waals surface area contributed by atoms with Crippen LogP contribution < -0.4 is 10.6 Å². The number of hydrogen-bond acceptors (Lipinski definition) is 13. The zero-order valence-electron chi connectivity index (χ0n) is 42.7. The number of rotatable bonds is 20. The van der Waals surface area contributed by atoms with Crippen molar-refractivity contribution in [3.05, 3.63) is 77.6 Å². The van der Waals surface area contributed by atoms with Gasteiger partial charge in [-0.05, 0) is 68.5 Å². The molecule has 1 unspecified atom stereocenters. The molecule has 1 saturated heterocycles. The molecule has 22 nitrogen and oxygen atoms in total. The van der Waals surface area contributed by atoms with Gasteiger partial charge < -0.3 is 56.6 Å². The molecule has 1 atom stereocenters. The van der Waals surface area contributed by atoms with Crippen LogP contribution in [-0.2, 0) is 28.8 Å².